The second-order valence-electron chi connectivity index (χ2n) is 7.92. The molecule has 7 heteroatoms. The number of ketones is 1. The zero-order chi connectivity index (χ0) is 23.3. The minimum Gasteiger partial charge on any atom is -0.462 e. The second kappa shape index (κ2) is 10.2. The van der Waals surface area contributed by atoms with E-state index < -0.39 is 17.9 Å². The van der Waals surface area contributed by atoms with E-state index >= 15 is 0 Å². The highest BCUT2D eigenvalue weighted by molar-refractivity contribution is 6.01. The van der Waals surface area contributed by atoms with Crippen molar-refractivity contribution in [3.05, 3.63) is 64.7 Å². The Labute approximate surface area is 187 Å². The molecule has 1 atom stereocenters. The van der Waals surface area contributed by atoms with Crippen molar-refractivity contribution in [3.63, 3.8) is 0 Å². The average molecular weight is 437 g/mol. The molecule has 168 valence electrons. The minimum absolute atomic E-state index is 0.0109. The van der Waals surface area contributed by atoms with Crippen LogP contribution >= 0.6 is 0 Å². The first-order valence-electron chi connectivity index (χ1n) is 10.6. The van der Waals surface area contributed by atoms with Gasteiger partial charge in [0.1, 0.15) is 0 Å². The molecule has 0 aliphatic carbocycles. The van der Waals surface area contributed by atoms with Crippen LogP contribution in [0.25, 0.3) is 0 Å². The van der Waals surface area contributed by atoms with Gasteiger partial charge in [0.25, 0.3) is 0 Å². The van der Waals surface area contributed by atoms with Crippen LogP contribution in [0.1, 0.15) is 51.6 Å². The summed E-state index contributed by atoms with van der Waals surface area (Å²) < 4.78 is 10.3. The summed E-state index contributed by atoms with van der Waals surface area (Å²) in [5.74, 6) is -2.13. The molecule has 7 nitrogen and oxygen atoms in total. The van der Waals surface area contributed by atoms with Crippen molar-refractivity contribution in [2.45, 2.75) is 33.6 Å². The Kier molecular flexibility index (Phi) is 7.41. The van der Waals surface area contributed by atoms with Gasteiger partial charge in [-0.05, 0) is 61.7 Å². The van der Waals surface area contributed by atoms with Crippen molar-refractivity contribution in [1.29, 1.82) is 0 Å². The lowest BCUT2D eigenvalue weighted by Crippen LogP contribution is -2.27. The maximum Gasteiger partial charge on any atom is 0.338 e. The number of rotatable bonds is 8. The van der Waals surface area contributed by atoms with Gasteiger partial charge in [-0.1, -0.05) is 19.1 Å². The second-order valence-corrected chi connectivity index (χ2v) is 7.92. The molecular weight excluding hydrogens is 410 g/mol. The van der Waals surface area contributed by atoms with Gasteiger partial charge in [-0.15, -0.1) is 0 Å². The van der Waals surface area contributed by atoms with Crippen LogP contribution in [0.4, 0.5) is 5.69 Å². The third kappa shape index (κ3) is 5.41. The van der Waals surface area contributed by atoms with Gasteiger partial charge in [0.15, 0.2) is 12.4 Å². The summed E-state index contributed by atoms with van der Waals surface area (Å²) in [7, 11) is 0. The molecule has 1 saturated heterocycles. The van der Waals surface area contributed by atoms with E-state index in [4.69, 9.17) is 9.47 Å². The number of hydrogen-bond donors (Lipinski definition) is 0. The van der Waals surface area contributed by atoms with Crippen molar-refractivity contribution in [1.82, 2.24) is 0 Å². The smallest absolute Gasteiger partial charge is 0.338 e. The molecule has 0 radical (unpaired) electrons. The number of amides is 1. The molecule has 1 amide bonds. The van der Waals surface area contributed by atoms with Crippen LogP contribution in [0.5, 0.6) is 0 Å². The molecule has 0 spiro atoms. The molecule has 3 rings (SSSR count). The lowest BCUT2D eigenvalue weighted by atomic mass is 10.0. The van der Waals surface area contributed by atoms with Crippen molar-refractivity contribution in [3.8, 4) is 0 Å². The van der Waals surface area contributed by atoms with E-state index in [2.05, 4.69) is 0 Å². The largest absolute Gasteiger partial charge is 0.462 e. The molecule has 0 saturated carbocycles. The Morgan fingerprint density at radius 2 is 1.66 bits per heavy atom. The number of carbonyl (C=O) groups is 4. The van der Waals surface area contributed by atoms with Gasteiger partial charge < -0.3 is 14.4 Å². The van der Waals surface area contributed by atoms with Gasteiger partial charge in [-0.3, -0.25) is 14.4 Å². The molecule has 2 aromatic carbocycles. The summed E-state index contributed by atoms with van der Waals surface area (Å²) in [5.41, 5.74) is 3.54. The summed E-state index contributed by atoms with van der Waals surface area (Å²) in [5, 5.41) is 0. The first kappa shape index (κ1) is 23.2. The molecule has 2 aromatic rings. The highest BCUT2D eigenvalue weighted by atomic mass is 16.5. The van der Waals surface area contributed by atoms with Gasteiger partial charge in [0, 0.05) is 24.2 Å². The van der Waals surface area contributed by atoms with E-state index in [0.29, 0.717) is 23.4 Å². The standard InChI is InChI=1S/C25H27NO6/c1-4-11-31-24(29)18-7-9-21(10-8-18)26-14-20(13-23(26)28)25(30)32-15-22(27)19-6-5-16(2)17(3)12-19/h5-10,12,20H,4,11,13-15H2,1-3H3/t20-/m0/s1. The number of anilines is 1. The summed E-state index contributed by atoms with van der Waals surface area (Å²) in [6.45, 7) is 5.93. The molecule has 0 bridgehead atoms. The number of Topliss-reactive ketones (excluding diaryl/α,β-unsaturated/α-hetero) is 1. The summed E-state index contributed by atoms with van der Waals surface area (Å²) in [4.78, 5) is 50.6. The number of carbonyl (C=O) groups excluding carboxylic acids is 4. The van der Waals surface area contributed by atoms with Crippen molar-refractivity contribution < 1.29 is 28.7 Å². The highest BCUT2D eigenvalue weighted by Gasteiger charge is 2.36. The maximum atomic E-state index is 12.5. The Morgan fingerprint density at radius 1 is 0.969 bits per heavy atom. The Hall–Kier alpha value is -3.48. The molecule has 0 N–H and O–H groups in total. The van der Waals surface area contributed by atoms with Crippen LogP contribution in [-0.4, -0.2) is 43.4 Å². The number of esters is 2. The number of hydrogen-bond acceptors (Lipinski definition) is 6. The van der Waals surface area contributed by atoms with Gasteiger partial charge in [-0.2, -0.15) is 0 Å². The van der Waals surface area contributed by atoms with Crippen LogP contribution in [0.15, 0.2) is 42.5 Å². The van der Waals surface area contributed by atoms with Crippen molar-refractivity contribution in [2.24, 2.45) is 5.92 Å². The Bertz CT molecular complexity index is 1030. The van der Waals surface area contributed by atoms with Gasteiger partial charge >= 0.3 is 11.9 Å². The third-order valence-electron chi connectivity index (χ3n) is 5.48. The zero-order valence-electron chi connectivity index (χ0n) is 18.6. The number of benzene rings is 2. The zero-order valence-corrected chi connectivity index (χ0v) is 18.6. The molecule has 1 fully saturated rings. The van der Waals surface area contributed by atoms with E-state index in [9.17, 15) is 19.2 Å². The van der Waals surface area contributed by atoms with Crippen LogP contribution in [0.2, 0.25) is 0 Å². The lowest BCUT2D eigenvalue weighted by molar-refractivity contribution is -0.147. The fourth-order valence-corrected chi connectivity index (χ4v) is 3.42. The molecule has 32 heavy (non-hydrogen) atoms. The van der Waals surface area contributed by atoms with Crippen LogP contribution in [-0.2, 0) is 19.1 Å². The van der Waals surface area contributed by atoms with Crippen molar-refractivity contribution in [2.75, 3.05) is 24.7 Å². The average Bonchev–Trinajstić information content (AvgIpc) is 3.19. The van der Waals surface area contributed by atoms with Gasteiger partial charge in [-0.25, -0.2) is 4.79 Å². The van der Waals surface area contributed by atoms with Crippen LogP contribution in [0, 0.1) is 19.8 Å². The predicted molar refractivity (Wildman–Crippen MR) is 119 cm³/mol. The third-order valence-corrected chi connectivity index (χ3v) is 5.48. The molecule has 1 heterocycles. The fourth-order valence-electron chi connectivity index (χ4n) is 3.42. The molecule has 1 aliphatic heterocycles. The van der Waals surface area contributed by atoms with Crippen molar-refractivity contribution >= 4 is 29.3 Å². The first-order valence-corrected chi connectivity index (χ1v) is 10.6. The Balaban J connectivity index is 1.56. The summed E-state index contributed by atoms with van der Waals surface area (Å²) in [6.07, 6.45) is 0.747. The maximum absolute atomic E-state index is 12.5. The fraction of sp³-hybridized carbons (Fsp3) is 0.360. The monoisotopic (exact) mass is 437 g/mol. The number of ether oxygens (including phenoxy) is 2. The topological polar surface area (TPSA) is 90.0 Å². The normalized spacial score (nSPS) is 15.5. The number of aryl methyl sites for hydroxylation is 2. The molecule has 1 aliphatic rings. The quantitative estimate of drug-likeness (QED) is 0.463. The predicted octanol–water partition coefficient (Wildman–Crippen LogP) is 3.65. The summed E-state index contributed by atoms with van der Waals surface area (Å²) in [6, 6.07) is 11.8. The lowest BCUT2D eigenvalue weighted by Gasteiger charge is -2.17. The van der Waals surface area contributed by atoms with Gasteiger partial charge in [0.05, 0.1) is 18.1 Å². The minimum atomic E-state index is -0.649. The molecular formula is C25H27NO6. The summed E-state index contributed by atoms with van der Waals surface area (Å²) >= 11 is 0. The van der Waals surface area contributed by atoms with Gasteiger partial charge in [0.2, 0.25) is 5.91 Å². The highest BCUT2D eigenvalue weighted by Crippen LogP contribution is 2.26. The first-order chi connectivity index (χ1) is 15.3. The Morgan fingerprint density at radius 3 is 2.31 bits per heavy atom. The van der Waals surface area contributed by atoms with E-state index in [1.807, 2.05) is 26.8 Å². The molecule has 0 unspecified atom stereocenters. The van der Waals surface area contributed by atoms with E-state index in [0.717, 1.165) is 17.5 Å². The van der Waals surface area contributed by atoms with E-state index in [1.165, 1.54) is 4.90 Å². The number of nitrogens with zero attached hydrogens (tertiary/aromatic N) is 1. The van der Waals surface area contributed by atoms with Crippen LogP contribution < -0.4 is 4.90 Å². The molecule has 0 aromatic heterocycles. The SMILES string of the molecule is CCCOC(=O)c1ccc(N2C[C@@H](C(=O)OCC(=O)c3ccc(C)c(C)c3)CC2=O)cc1. The van der Waals surface area contributed by atoms with E-state index in [1.54, 1.807) is 36.4 Å². The van der Waals surface area contributed by atoms with E-state index in [-0.39, 0.29) is 31.3 Å². The van der Waals surface area contributed by atoms with Crippen LogP contribution in [0.3, 0.4) is 0 Å².